The molecule has 0 bridgehead atoms. The first kappa shape index (κ1) is 10.5. The first-order valence-corrected chi connectivity index (χ1v) is 4.25. The fourth-order valence-electron chi connectivity index (χ4n) is 1.33. The van der Waals surface area contributed by atoms with Gasteiger partial charge in [0.05, 0.1) is 0 Å². The molecular weight excluding hydrogens is 180 g/mol. The van der Waals surface area contributed by atoms with Gasteiger partial charge in [-0.3, -0.25) is 0 Å². The molecule has 0 heterocycles. The Morgan fingerprint density at radius 3 is 2.57 bits per heavy atom. The molecule has 0 saturated heterocycles. The Balaban J connectivity index is 3.33. The number of hydrogen-bond acceptors (Lipinski definition) is 3. The van der Waals surface area contributed by atoms with Crippen molar-refractivity contribution in [1.29, 1.82) is 0 Å². The van der Waals surface area contributed by atoms with Crippen molar-refractivity contribution in [3.05, 3.63) is 29.3 Å². The molecule has 0 aliphatic rings. The molecule has 0 aromatic heterocycles. The molecule has 4 heteroatoms. The molecule has 0 aliphatic heterocycles. The third kappa shape index (κ3) is 1.56. The lowest BCUT2D eigenvalue weighted by atomic mass is 9.89. The molecule has 0 radical (unpaired) electrons. The van der Waals surface area contributed by atoms with Crippen molar-refractivity contribution in [3.63, 3.8) is 0 Å². The summed E-state index contributed by atoms with van der Waals surface area (Å²) in [6, 6.07) is 5.10. The predicted molar refractivity (Wildman–Crippen MR) is 54.8 cm³/mol. The van der Waals surface area contributed by atoms with E-state index in [1.165, 1.54) is 6.92 Å². The molecule has 0 aliphatic carbocycles. The van der Waals surface area contributed by atoms with E-state index in [1.54, 1.807) is 25.1 Å². The van der Waals surface area contributed by atoms with Gasteiger partial charge in [0.25, 0.3) is 0 Å². The van der Waals surface area contributed by atoms with Crippen LogP contribution in [0.15, 0.2) is 18.2 Å². The van der Waals surface area contributed by atoms with E-state index in [1.807, 2.05) is 0 Å². The number of rotatable bonds is 2. The molecule has 1 aromatic carbocycles. The zero-order chi connectivity index (χ0) is 10.9. The van der Waals surface area contributed by atoms with Crippen molar-refractivity contribution >= 4 is 11.7 Å². The molecular formula is C10H14N2O2. The van der Waals surface area contributed by atoms with Crippen molar-refractivity contribution in [3.8, 4) is 0 Å². The van der Waals surface area contributed by atoms with Crippen LogP contribution in [0.2, 0.25) is 0 Å². The molecule has 1 atom stereocenters. The summed E-state index contributed by atoms with van der Waals surface area (Å²) in [5.41, 5.74) is 11.8. The van der Waals surface area contributed by atoms with Gasteiger partial charge in [-0.15, -0.1) is 0 Å². The fraction of sp³-hybridized carbons (Fsp3) is 0.300. The van der Waals surface area contributed by atoms with Crippen LogP contribution in [0.25, 0.3) is 0 Å². The Bertz CT molecular complexity index is 372. The van der Waals surface area contributed by atoms with Gasteiger partial charge in [-0.1, -0.05) is 12.1 Å². The minimum absolute atomic E-state index is 0.546. The summed E-state index contributed by atoms with van der Waals surface area (Å²) in [4.78, 5) is 10.9. The number of nitrogens with two attached hydrogens (primary N) is 2. The highest BCUT2D eigenvalue weighted by Gasteiger charge is 2.31. The van der Waals surface area contributed by atoms with Gasteiger partial charge >= 0.3 is 5.97 Å². The van der Waals surface area contributed by atoms with Gasteiger partial charge in [0.2, 0.25) is 0 Å². The number of benzene rings is 1. The number of nitrogen functional groups attached to an aromatic ring is 1. The number of carboxylic acids is 1. The number of carboxylic acid groups (broad SMARTS) is 1. The van der Waals surface area contributed by atoms with Crippen LogP contribution in [0, 0.1) is 6.92 Å². The van der Waals surface area contributed by atoms with Crippen LogP contribution in [-0.2, 0) is 10.3 Å². The van der Waals surface area contributed by atoms with Crippen molar-refractivity contribution in [1.82, 2.24) is 0 Å². The average molecular weight is 194 g/mol. The van der Waals surface area contributed by atoms with Crippen LogP contribution in [0.5, 0.6) is 0 Å². The van der Waals surface area contributed by atoms with Crippen molar-refractivity contribution in [2.45, 2.75) is 19.4 Å². The molecule has 1 rings (SSSR count). The van der Waals surface area contributed by atoms with Crippen molar-refractivity contribution in [2.75, 3.05) is 5.73 Å². The number of anilines is 1. The number of aliphatic carboxylic acids is 1. The van der Waals surface area contributed by atoms with Crippen LogP contribution >= 0.6 is 0 Å². The van der Waals surface area contributed by atoms with Gasteiger partial charge in [-0.25, -0.2) is 4.79 Å². The predicted octanol–water partition coefficient (Wildman–Crippen LogP) is 0.836. The van der Waals surface area contributed by atoms with E-state index in [0.717, 1.165) is 5.56 Å². The highest BCUT2D eigenvalue weighted by molar-refractivity contribution is 5.81. The Kier molecular flexibility index (Phi) is 2.49. The van der Waals surface area contributed by atoms with E-state index in [4.69, 9.17) is 16.6 Å². The summed E-state index contributed by atoms with van der Waals surface area (Å²) in [7, 11) is 0. The lowest BCUT2D eigenvalue weighted by Crippen LogP contribution is -2.42. The van der Waals surface area contributed by atoms with E-state index in [0.29, 0.717) is 11.3 Å². The second-order valence-electron chi connectivity index (χ2n) is 3.53. The maximum Gasteiger partial charge on any atom is 0.328 e. The Morgan fingerprint density at radius 2 is 2.07 bits per heavy atom. The summed E-state index contributed by atoms with van der Waals surface area (Å²) < 4.78 is 0. The highest BCUT2D eigenvalue weighted by atomic mass is 16.4. The van der Waals surface area contributed by atoms with E-state index in [-0.39, 0.29) is 0 Å². The Morgan fingerprint density at radius 1 is 1.50 bits per heavy atom. The van der Waals surface area contributed by atoms with Crippen LogP contribution in [-0.4, -0.2) is 11.1 Å². The van der Waals surface area contributed by atoms with Crippen LogP contribution in [0.4, 0.5) is 5.69 Å². The van der Waals surface area contributed by atoms with E-state index in [9.17, 15) is 4.79 Å². The molecule has 14 heavy (non-hydrogen) atoms. The summed E-state index contributed by atoms with van der Waals surface area (Å²) in [6.07, 6.45) is 0. The SMILES string of the molecule is Cc1c(N)cccc1C(C)(N)C(=O)O. The molecule has 5 N–H and O–H groups in total. The van der Waals surface area contributed by atoms with Crippen molar-refractivity contribution in [2.24, 2.45) is 5.73 Å². The number of carbonyl (C=O) groups is 1. The summed E-state index contributed by atoms with van der Waals surface area (Å²) in [5, 5.41) is 8.94. The van der Waals surface area contributed by atoms with Crippen LogP contribution in [0.3, 0.4) is 0 Å². The minimum atomic E-state index is -1.39. The topological polar surface area (TPSA) is 89.3 Å². The molecule has 0 amide bonds. The Hall–Kier alpha value is -1.55. The third-order valence-electron chi connectivity index (χ3n) is 2.38. The maximum absolute atomic E-state index is 10.9. The average Bonchev–Trinajstić information content (AvgIpc) is 2.09. The molecule has 76 valence electrons. The molecule has 1 unspecified atom stereocenters. The fourth-order valence-corrected chi connectivity index (χ4v) is 1.33. The normalized spacial score (nSPS) is 14.8. The smallest absolute Gasteiger partial charge is 0.328 e. The van der Waals surface area contributed by atoms with E-state index >= 15 is 0 Å². The highest BCUT2D eigenvalue weighted by Crippen LogP contribution is 2.25. The molecule has 4 nitrogen and oxygen atoms in total. The minimum Gasteiger partial charge on any atom is -0.480 e. The van der Waals surface area contributed by atoms with Crippen molar-refractivity contribution < 1.29 is 9.90 Å². The standard InChI is InChI=1S/C10H14N2O2/c1-6-7(4-3-5-8(6)11)10(2,12)9(13)14/h3-5H,11-12H2,1-2H3,(H,13,14). The summed E-state index contributed by atoms with van der Waals surface area (Å²) in [6.45, 7) is 3.22. The molecule has 0 spiro atoms. The lowest BCUT2D eigenvalue weighted by molar-refractivity contribution is -0.143. The second kappa shape index (κ2) is 3.31. The first-order valence-electron chi connectivity index (χ1n) is 4.25. The molecule has 0 fully saturated rings. The number of hydrogen-bond donors (Lipinski definition) is 3. The quantitative estimate of drug-likeness (QED) is 0.608. The second-order valence-corrected chi connectivity index (χ2v) is 3.53. The molecule has 1 aromatic rings. The van der Waals surface area contributed by atoms with Crippen LogP contribution in [0.1, 0.15) is 18.1 Å². The monoisotopic (exact) mass is 194 g/mol. The largest absolute Gasteiger partial charge is 0.480 e. The van der Waals surface area contributed by atoms with Gasteiger partial charge in [-0.2, -0.15) is 0 Å². The van der Waals surface area contributed by atoms with E-state index in [2.05, 4.69) is 0 Å². The summed E-state index contributed by atoms with van der Waals surface area (Å²) in [5.74, 6) is -1.06. The van der Waals surface area contributed by atoms with Gasteiger partial charge in [0, 0.05) is 5.69 Å². The lowest BCUT2D eigenvalue weighted by Gasteiger charge is -2.22. The van der Waals surface area contributed by atoms with Gasteiger partial charge < -0.3 is 16.6 Å². The van der Waals surface area contributed by atoms with Crippen LogP contribution < -0.4 is 11.5 Å². The van der Waals surface area contributed by atoms with Gasteiger partial charge in [-0.05, 0) is 31.0 Å². The van der Waals surface area contributed by atoms with Gasteiger partial charge in [0.15, 0.2) is 0 Å². The third-order valence-corrected chi connectivity index (χ3v) is 2.38. The first-order chi connectivity index (χ1) is 6.37. The molecule has 0 saturated carbocycles. The zero-order valence-electron chi connectivity index (χ0n) is 8.24. The van der Waals surface area contributed by atoms with Gasteiger partial charge in [0.1, 0.15) is 5.54 Å². The van der Waals surface area contributed by atoms with E-state index < -0.39 is 11.5 Å². The maximum atomic E-state index is 10.9. The zero-order valence-corrected chi connectivity index (χ0v) is 8.24. The Labute approximate surface area is 82.5 Å². The summed E-state index contributed by atoms with van der Waals surface area (Å²) >= 11 is 0.